The molecule has 1 aromatic carbocycles. The third-order valence-electron chi connectivity index (χ3n) is 3.64. The molecule has 0 amide bonds. The Morgan fingerprint density at radius 2 is 1.50 bits per heavy atom. The lowest BCUT2D eigenvalue weighted by molar-refractivity contribution is 0.0398. The van der Waals surface area contributed by atoms with Crippen LogP contribution < -0.4 is 5.32 Å². The summed E-state index contributed by atoms with van der Waals surface area (Å²) in [4.78, 5) is 3.94. The van der Waals surface area contributed by atoms with Gasteiger partial charge in [0.05, 0.1) is 0 Å². The SMILES string of the molecule is CC(C)(C)N(CCNCCCSc1ccccc1)C(C)(C)C. The fourth-order valence-electron chi connectivity index (χ4n) is 2.90. The van der Waals surface area contributed by atoms with Crippen LogP contribution in [0.4, 0.5) is 0 Å². The van der Waals surface area contributed by atoms with E-state index in [2.05, 4.69) is 82.1 Å². The third kappa shape index (κ3) is 7.66. The highest BCUT2D eigenvalue weighted by molar-refractivity contribution is 7.99. The molecule has 0 saturated heterocycles. The van der Waals surface area contributed by atoms with Gasteiger partial charge in [0, 0.05) is 29.1 Å². The summed E-state index contributed by atoms with van der Waals surface area (Å²) >= 11 is 1.94. The topological polar surface area (TPSA) is 15.3 Å². The van der Waals surface area contributed by atoms with E-state index < -0.39 is 0 Å². The van der Waals surface area contributed by atoms with Crippen LogP contribution in [0.2, 0.25) is 0 Å². The second-order valence-electron chi connectivity index (χ2n) is 7.76. The van der Waals surface area contributed by atoms with E-state index >= 15 is 0 Å². The van der Waals surface area contributed by atoms with Gasteiger partial charge in [0.25, 0.3) is 0 Å². The summed E-state index contributed by atoms with van der Waals surface area (Å²) in [6, 6.07) is 10.6. The van der Waals surface area contributed by atoms with Crippen molar-refractivity contribution in [3.05, 3.63) is 30.3 Å². The molecule has 126 valence electrons. The minimum Gasteiger partial charge on any atom is -0.315 e. The van der Waals surface area contributed by atoms with E-state index in [1.807, 2.05) is 11.8 Å². The Kier molecular flexibility index (Phi) is 7.95. The molecule has 0 spiro atoms. The van der Waals surface area contributed by atoms with Crippen molar-refractivity contribution in [3.63, 3.8) is 0 Å². The molecule has 0 bridgehead atoms. The standard InChI is InChI=1S/C19H34N2S/c1-18(2,3)21(19(4,5)6)15-14-20-13-10-16-22-17-11-8-7-9-12-17/h7-9,11-12,20H,10,13-16H2,1-6H3. The largest absolute Gasteiger partial charge is 0.315 e. The molecule has 0 aliphatic carbocycles. The van der Waals surface area contributed by atoms with Crippen molar-refractivity contribution in [2.45, 2.75) is 63.9 Å². The molecule has 0 fully saturated rings. The van der Waals surface area contributed by atoms with Gasteiger partial charge in [-0.25, -0.2) is 0 Å². The summed E-state index contributed by atoms with van der Waals surface area (Å²) in [5.41, 5.74) is 0.423. The Morgan fingerprint density at radius 3 is 2.05 bits per heavy atom. The zero-order chi connectivity index (χ0) is 16.6. The van der Waals surface area contributed by atoms with Crippen LogP contribution in [0.15, 0.2) is 35.2 Å². The van der Waals surface area contributed by atoms with Crippen LogP contribution in [0.5, 0.6) is 0 Å². The molecule has 0 aliphatic rings. The van der Waals surface area contributed by atoms with E-state index in [0.717, 1.165) is 19.6 Å². The molecule has 22 heavy (non-hydrogen) atoms. The second-order valence-corrected chi connectivity index (χ2v) is 8.93. The van der Waals surface area contributed by atoms with Crippen LogP contribution >= 0.6 is 11.8 Å². The van der Waals surface area contributed by atoms with Gasteiger partial charge in [-0.1, -0.05) is 18.2 Å². The molecule has 0 unspecified atom stereocenters. The summed E-state index contributed by atoms with van der Waals surface area (Å²) in [7, 11) is 0. The van der Waals surface area contributed by atoms with Crippen molar-refractivity contribution in [2.75, 3.05) is 25.4 Å². The molecule has 0 atom stereocenters. The molecule has 0 aliphatic heterocycles. The molecule has 1 N–H and O–H groups in total. The van der Waals surface area contributed by atoms with Gasteiger partial charge in [0.15, 0.2) is 0 Å². The highest BCUT2D eigenvalue weighted by atomic mass is 32.2. The fraction of sp³-hybridized carbons (Fsp3) is 0.684. The van der Waals surface area contributed by atoms with Crippen molar-refractivity contribution in [2.24, 2.45) is 0 Å². The first-order valence-corrected chi connectivity index (χ1v) is 9.36. The van der Waals surface area contributed by atoms with Gasteiger partial charge >= 0.3 is 0 Å². The van der Waals surface area contributed by atoms with Gasteiger partial charge in [-0.15, -0.1) is 11.8 Å². The number of hydrogen-bond donors (Lipinski definition) is 1. The van der Waals surface area contributed by atoms with E-state index in [4.69, 9.17) is 0 Å². The average Bonchev–Trinajstić information content (AvgIpc) is 2.40. The van der Waals surface area contributed by atoms with Gasteiger partial charge in [0.1, 0.15) is 0 Å². The Bertz CT molecular complexity index is 390. The van der Waals surface area contributed by atoms with E-state index in [9.17, 15) is 0 Å². The first kappa shape index (κ1) is 19.5. The average molecular weight is 323 g/mol. The van der Waals surface area contributed by atoms with Crippen molar-refractivity contribution in [3.8, 4) is 0 Å². The maximum atomic E-state index is 3.59. The summed E-state index contributed by atoms with van der Waals surface area (Å²) in [5.74, 6) is 1.18. The van der Waals surface area contributed by atoms with Crippen molar-refractivity contribution < 1.29 is 0 Å². The third-order valence-corrected chi connectivity index (χ3v) is 4.74. The molecule has 0 aromatic heterocycles. The van der Waals surface area contributed by atoms with Crippen LogP contribution in [0.3, 0.4) is 0 Å². The fourth-order valence-corrected chi connectivity index (χ4v) is 3.77. The van der Waals surface area contributed by atoms with E-state index in [0.29, 0.717) is 0 Å². The zero-order valence-electron chi connectivity index (χ0n) is 15.3. The quantitative estimate of drug-likeness (QED) is 0.553. The van der Waals surface area contributed by atoms with E-state index in [-0.39, 0.29) is 11.1 Å². The maximum absolute atomic E-state index is 3.59. The van der Waals surface area contributed by atoms with Crippen LogP contribution in [-0.2, 0) is 0 Å². The number of rotatable bonds is 8. The molecule has 3 heteroatoms. The monoisotopic (exact) mass is 322 g/mol. The van der Waals surface area contributed by atoms with E-state index in [1.165, 1.54) is 17.1 Å². The van der Waals surface area contributed by atoms with Gasteiger partial charge in [-0.05, 0) is 72.4 Å². The Morgan fingerprint density at radius 1 is 0.909 bits per heavy atom. The predicted octanol–water partition coefficient (Wildman–Crippen LogP) is 4.66. The smallest absolute Gasteiger partial charge is 0.0130 e. The number of thioether (sulfide) groups is 1. The van der Waals surface area contributed by atoms with Crippen molar-refractivity contribution >= 4 is 11.8 Å². The summed E-state index contributed by atoms with van der Waals surface area (Å²) in [5, 5.41) is 3.59. The Labute approximate surface area is 142 Å². The van der Waals surface area contributed by atoms with Crippen molar-refractivity contribution in [1.82, 2.24) is 10.2 Å². The lowest BCUT2D eigenvalue weighted by atomic mass is 9.96. The Hall–Kier alpha value is -0.510. The lowest BCUT2D eigenvalue weighted by Crippen LogP contribution is -2.54. The number of benzene rings is 1. The van der Waals surface area contributed by atoms with Crippen LogP contribution in [0.25, 0.3) is 0 Å². The molecule has 2 nitrogen and oxygen atoms in total. The molecule has 0 heterocycles. The number of hydrogen-bond acceptors (Lipinski definition) is 3. The van der Waals surface area contributed by atoms with Gasteiger partial charge < -0.3 is 5.32 Å². The molecular formula is C19H34N2S. The van der Waals surface area contributed by atoms with Gasteiger partial charge in [-0.2, -0.15) is 0 Å². The summed E-state index contributed by atoms with van der Waals surface area (Å²) < 4.78 is 0. The summed E-state index contributed by atoms with van der Waals surface area (Å²) in [6.07, 6.45) is 1.21. The molecule has 0 radical (unpaired) electrons. The highest BCUT2D eigenvalue weighted by Gasteiger charge is 2.30. The molecule has 1 aromatic rings. The second kappa shape index (κ2) is 8.95. The van der Waals surface area contributed by atoms with Crippen LogP contribution in [0, 0.1) is 0 Å². The lowest BCUT2D eigenvalue weighted by Gasteiger charge is -2.45. The van der Waals surface area contributed by atoms with Gasteiger partial charge in [0.2, 0.25) is 0 Å². The Balaban J connectivity index is 2.16. The van der Waals surface area contributed by atoms with Crippen LogP contribution in [0.1, 0.15) is 48.0 Å². The first-order valence-electron chi connectivity index (χ1n) is 8.37. The first-order chi connectivity index (χ1) is 10.2. The highest BCUT2D eigenvalue weighted by Crippen LogP contribution is 2.23. The molecule has 0 saturated carbocycles. The van der Waals surface area contributed by atoms with Gasteiger partial charge in [-0.3, -0.25) is 4.90 Å². The number of nitrogens with one attached hydrogen (secondary N) is 1. The minimum absolute atomic E-state index is 0.211. The zero-order valence-corrected chi connectivity index (χ0v) is 16.1. The molecule has 1 rings (SSSR count). The van der Waals surface area contributed by atoms with Crippen LogP contribution in [-0.4, -0.2) is 41.4 Å². The van der Waals surface area contributed by atoms with E-state index in [1.54, 1.807) is 0 Å². The molecular weight excluding hydrogens is 288 g/mol. The normalized spacial score (nSPS) is 12.9. The maximum Gasteiger partial charge on any atom is 0.0130 e. The number of nitrogens with zero attached hydrogens (tertiary/aromatic N) is 1. The summed E-state index contributed by atoms with van der Waals surface area (Å²) in [6.45, 7) is 17.1. The minimum atomic E-state index is 0.211. The predicted molar refractivity (Wildman–Crippen MR) is 101 cm³/mol. The van der Waals surface area contributed by atoms with Crippen molar-refractivity contribution in [1.29, 1.82) is 0 Å².